The number of nitrogens with zero attached hydrogens (tertiary/aromatic N) is 1. The quantitative estimate of drug-likeness (QED) is 0.759. The molecule has 5 heteroatoms. The van der Waals surface area contributed by atoms with Gasteiger partial charge in [0.15, 0.2) is 0 Å². The highest BCUT2D eigenvalue weighted by atomic mass is 79.9. The number of amides is 1. The third-order valence-electron chi connectivity index (χ3n) is 2.12. The highest BCUT2D eigenvalue weighted by molar-refractivity contribution is 9.10. The first-order valence-electron chi connectivity index (χ1n) is 4.39. The fourth-order valence-electron chi connectivity index (χ4n) is 1.21. The van der Waals surface area contributed by atoms with E-state index in [-0.39, 0.29) is 11.9 Å². The lowest BCUT2D eigenvalue weighted by Gasteiger charge is -2.27. The van der Waals surface area contributed by atoms with Crippen molar-refractivity contribution in [2.45, 2.75) is 6.04 Å². The number of hydrogen-bond donors (Lipinski definition) is 2. The Balaban J connectivity index is 2.06. The molecule has 1 amide bonds. The molecule has 0 radical (unpaired) electrons. The molecule has 0 bridgehead atoms. The van der Waals surface area contributed by atoms with Gasteiger partial charge in [-0.05, 0) is 28.1 Å². The third-order valence-corrected chi connectivity index (χ3v) is 2.75. The van der Waals surface area contributed by atoms with E-state index >= 15 is 0 Å². The van der Waals surface area contributed by atoms with Crippen molar-refractivity contribution in [1.29, 1.82) is 0 Å². The number of carbonyl (C=O) groups excluding carboxylic acids is 1. The van der Waals surface area contributed by atoms with Crippen LogP contribution in [0.5, 0.6) is 0 Å². The van der Waals surface area contributed by atoms with E-state index in [0.717, 1.165) is 13.1 Å². The summed E-state index contributed by atoms with van der Waals surface area (Å²) in [5, 5.41) is 5.99. The average molecular weight is 256 g/mol. The molecular weight excluding hydrogens is 246 g/mol. The Labute approximate surface area is 90.2 Å². The number of rotatable bonds is 2. The summed E-state index contributed by atoms with van der Waals surface area (Å²) in [5.74, 6) is -0.0727. The Kier molecular flexibility index (Phi) is 2.79. The van der Waals surface area contributed by atoms with Crippen molar-refractivity contribution in [2.24, 2.45) is 0 Å². The lowest BCUT2D eigenvalue weighted by molar-refractivity contribution is 0.0922. The Morgan fingerprint density at radius 1 is 1.64 bits per heavy atom. The summed E-state index contributed by atoms with van der Waals surface area (Å²) in [6, 6.07) is 3.76. The summed E-state index contributed by atoms with van der Waals surface area (Å²) in [6.07, 6.45) is 1.64. The zero-order chi connectivity index (χ0) is 9.97. The van der Waals surface area contributed by atoms with Gasteiger partial charge < -0.3 is 10.6 Å². The Bertz CT molecular complexity index is 352. The number of pyridine rings is 1. The number of hydrogen-bond acceptors (Lipinski definition) is 3. The van der Waals surface area contributed by atoms with E-state index in [1.807, 2.05) is 0 Å². The number of nitrogens with one attached hydrogen (secondary N) is 2. The molecule has 1 aliphatic rings. The summed E-state index contributed by atoms with van der Waals surface area (Å²) < 4.78 is 0.588. The van der Waals surface area contributed by atoms with E-state index in [1.54, 1.807) is 18.3 Å². The van der Waals surface area contributed by atoms with Crippen LogP contribution in [0.1, 0.15) is 10.4 Å². The van der Waals surface area contributed by atoms with Gasteiger partial charge in [-0.2, -0.15) is 0 Å². The maximum absolute atomic E-state index is 11.7. The Hall–Kier alpha value is -0.940. The molecule has 2 rings (SSSR count). The number of carbonyl (C=O) groups is 1. The van der Waals surface area contributed by atoms with Gasteiger partial charge in [0.2, 0.25) is 0 Å². The molecule has 4 nitrogen and oxygen atoms in total. The lowest BCUT2D eigenvalue weighted by atomic mass is 10.1. The molecular formula is C9H10BrN3O. The normalized spacial score (nSPS) is 16.1. The van der Waals surface area contributed by atoms with Crippen LogP contribution in [-0.2, 0) is 0 Å². The van der Waals surface area contributed by atoms with Gasteiger partial charge in [0.1, 0.15) is 4.60 Å². The molecule has 0 aliphatic carbocycles. The SMILES string of the molecule is O=C(NC1CNC1)c1cccnc1Br. The predicted molar refractivity (Wildman–Crippen MR) is 56.1 cm³/mol. The van der Waals surface area contributed by atoms with Gasteiger partial charge in [0.25, 0.3) is 5.91 Å². The van der Waals surface area contributed by atoms with Crippen molar-refractivity contribution < 1.29 is 4.79 Å². The molecule has 1 fully saturated rings. The van der Waals surface area contributed by atoms with Crippen molar-refractivity contribution in [3.63, 3.8) is 0 Å². The molecule has 14 heavy (non-hydrogen) atoms. The predicted octanol–water partition coefficient (Wildman–Crippen LogP) is 0.546. The van der Waals surface area contributed by atoms with Crippen molar-refractivity contribution >= 4 is 21.8 Å². The topological polar surface area (TPSA) is 54.0 Å². The standard InChI is InChI=1S/C9H10BrN3O/c10-8-7(2-1-3-12-8)9(14)13-6-4-11-5-6/h1-3,6,11H,4-5H2,(H,13,14). The van der Waals surface area contributed by atoms with Crippen LogP contribution in [0.4, 0.5) is 0 Å². The third kappa shape index (κ3) is 1.93. The van der Waals surface area contributed by atoms with Crippen LogP contribution >= 0.6 is 15.9 Å². The minimum atomic E-state index is -0.0727. The zero-order valence-corrected chi connectivity index (χ0v) is 9.04. The molecule has 1 aromatic rings. The largest absolute Gasteiger partial charge is 0.347 e. The first-order valence-corrected chi connectivity index (χ1v) is 5.19. The summed E-state index contributed by atoms with van der Waals surface area (Å²) in [6.45, 7) is 1.70. The molecule has 1 aliphatic heterocycles. The summed E-state index contributed by atoms with van der Waals surface area (Å²) in [5.41, 5.74) is 0.583. The van der Waals surface area contributed by atoms with Gasteiger partial charge >= 0.3 is 0 Å². The Morgan fingerprint density at radius 2 is 2.43 bits per heavy atom. The zero-order valence-electron chi connectivity index (χ0n) is 7.46. The van der Waals surface area contributed by atoms with E-state index in [1.165, 1.54) is 0 Å². The lowest BCUT2D eigenvalue weighted by Crippen LogP contribution is -2.56. The highest BCUT2D eigenvalue weighted by Gasteiger charge is 2.20. The van der Waals surface area contributed by atoms with E-state index in [2.05, 4.69) is 31.5 Å². The molecule has 1 saturated heterocycles. The maximum atomic E-state index is 11.7. The van der Waals surface area contributed by atoms with E-state index in [9.17, 15) is 4.79 Å². The summed E-state index contributed by atoms with van der Waals surface area (Å²) >= 11 is 3.24. The number of aromatic nitrogens is 1. The molecule has 74 valence electrons. The van der Waals surface area contributed by atoms with Gasteiger partial charge in [-0.25, -0.2) is 4.98 Å². The van der Waals surface area contributed by atoms with Crippen LogP contribution in [-0.4, -0.2) is 30.0 Å². The second-order valence-corrected chi connectivity index (χ2v) is 3.92. The van der Waals surface area contributed by atoms with Crippen molar-refractivity contribution in [2.75, 3.05) is 13.1 Å². The van der Waals surface area contributed by atoms with Crippen molar-refractivity contribution in [3.05, 3.63) is 28.5 Å². The van der Waals surface area contributed by atoms with Gasteiger partial charge in [-0.15, -0.1) is 0 Å². The van der Waals surface area contributed by atoms with Crippen LogP contribution in [0, 0.1) is 0 Å². The minimum Gasteiger partial charge on any atom is -0.347 e. The summed E-state index contributed by atoms with van der Waals surface area (Å²) in [4.78, 5) is 15.7. The maximum Gasteiger partial charge on any atom is 0.254 e. The van der Waals surface area contributed by atoms with Crippen molar-refractivity contribution in [3.8, 4) is 0 Å². The van der Waals surface area contributed by atoms with Crippen LogP contribution in [0.15, 0.2) is 22.9 Å². The fraction of sp³-hybridized carbons (Fsp3) is 0.333. The average Bonchev–Trinajstić information content (AvgIpc) is 2.12. The van der Waals surface area contributed by atoms with Gasteiger partial charge in [-0.1, -0.05) is 0 Å². The van der Waals surface area contributed by atoms with Crippen LogP contribution in [0.25, 0.3) is 0 Å². The summed E-state index contributed by atoms with van der Waals surface area (Å²) in [7, 11) is 0. The smallest absolute Gasteiger partial charge is 0.254 e. The molecule has 1 aromatic heterocycles. The highest BCUT2D eigenvalue weighted by Crippen LogP contribution is 2.12. The molecule has 0 saturated carbocycles. The van der Waals surface area contributed by atoms with Crippen molar-refractivity contribution in [1.82, 2.24) is 15.6 Å². The molecule has 2 heterocycles. The first-order chi connectivity index (χ1) is 6.77. The monoisotopic (exact) mass is 255 g/mol. The van der Waals surface area contributed by atoms with Gasteiger partial charge in [0.05, 0.1) is 11.6 Å². The van der Waals surface area contributed by atoms with Crippen LogP contribution in [0.3, 0.4) is 0 Å². The van der Waals surface area contributed by atoms with E-state index in [4.69, 9.17) is 0 Å². The second-order valence-electron chi connectivity index (χ2n) is 3.17. The fourth-order valence-corrected chi connectivity index (χ4v) is 1.64. The first kappa shape index (κ1) is 9.61. The second kappa shape index (κ2) is 4.06. The van der Waals surface area contributed by atoms with Gasteiger partial charge in [-0.3, -0.25) is 4.79 Å². The molecule has 2 N–H and O–H groups in total. The van der Waals surface area contributed by atoms with Gasteiger partial charge in [0, 0.05) is 19.3 Å². The molecule has 0 atom stereocenters. The van der Waals surface area contributed by atoms with Crippen LogP contribution in [0.2, 0.25) is 0 Å². The Morgan fingerprint density at radius 3 is 3.00 bits per heavy atom. The molecule has 0 spiro atoms. The molecule has 0 unspecified atom stereocenters. The van der Waals surface area contributed by atoms with E-state index < -0.39 is 0 Å². The minimum absolute atomic E-state index is 0.0727. The van der Waals surface area contributed by atoms with Crippen LogP contribution < -0.4 is 10.6 Å². The molecule has 0 aromatic carbocycles. The number of halogens is 1. The van der Waals surface area contributed by atoms with E-state index in [0.29, 0.717) is 10.2 Å².